The van der Waals surface area contributed by atoms with E-state index in [2.05, 4.69) is 37.9 Å². The quantitative estimate of drug-likeness (QED) is 0.773. The van der Waals surface area contributed by atoms with E-state index in [4.69, 9.17) is 4.98 Å². The van der Waals surface area contributed by atoms with Crippen LogP contribution in [-0.4, -0.2) is 24.6 Å². The van der Waals surface area contributed by atoms with Gasteiger partial charge in [-0.3, -0.25) is 0 Å². The molecule has 0 aliphatic carbocycles. The van der Waals surface area contributed by atoms with Gasteiger partial charge in [-0.15, -0.1) is 11.3 Å². The highest BCUT2D eigenvalue weighted by Crippen LogP contribution is 2.26. The van der Waals surface area contributed by atoms with E-state index >= 15 is 0 Å². The molecule has 0 aliphatic heterocycles. The Bertz CT molecular complexity index is 316. The van der Waals surface area contributed by atoms with E-state index in [1.165, 1.54) is 28.5 Å². The minimum Gasteiger partial charge on any atom is -0.348 e. The number of nitrogens with one attached hydrogen (secondary N) is 1. The first-order valence-electron chi connectivity index (χ1n) is 6.64. The zero-order valence-corrected chi connectivity index (χ0v) is 12.4. The van der Waals surface area contributed by atoms with Crippen molar-refractivity contribution in [2.24, 2.45) is 0 Å². The maximum absolute atomic E-state index is 4.71. The highest BCUT2D eigenvalue weighted by molar-refractivity contribution is 7.15. The van der Waals surface area contributed by atoms with Gasteiger partial charge in [-0.05, 0) is 26.3 Å². The minimum absolute atomic E-state index is 0.950. The molecule has 3 nitrogen and oxygen atoms in total. The third-order valence-corrected chi connectivity index (χ3v) is 3.89. The lowest BCUT2D eigenvalue weighted by molar-refractivity contribution is 0.729. The van der Waals surface area contributed by atoms with Gasteiger partial charge in [0.15, 0.2) is 5.13 Å². The number of nitrogens with zero attached hydrogens (tertiary/aromatic N) is 2. The molecule has 4 heteroatoms. The van der Waals surface area contributed by atoms with Crippen LogP contribution in [0.4, 0.5) is 5.13 Å². The van der Waals surface area contributed by atoms with Gasteiger partial charge in [-0.25, -0.2) is 4.98 Å². The molecule has 1 heterocycles. The molecule has 0 bridgehead atoms. The van der Waals surface area contributed by atoms with Gasteiger partial charge < -0.3 is 10.2 Å². The first-order chi connectivity index (χ1) is 8.22. The molecule has 17 heavy (non-hydrogen) atoms. The summed E-state index contributed by atoms with van der Waals surface area (Å²) in [6.45, 7) is 12.9. The number of hydrogen-bond donors (Lipinski definition) is 1. The standard InChI is InChI=1S/C13H25N3S/c1-5-8-16(9-6-2)13-15-11(4)12(17-13)10-14-7-3/h14H,5-10H2,1-4H3. The van der Waals surface area contributed by atoms with E-state index in [0.29, 0.717) is 0 Å². The Morgan fingerprint density at radius 1 is 1.18 bits per heavy atom. The molecular weight excluding hydrogens is 230 g/mol. The summed E-state index contributed by atoms with van der Waals surface area (Å²) < 4.78 is 0. The molecule has 1 N–H and O–H groups in total. The summed E-state index contributed by atoms with van der Waals surface area (Å²) in [5, 5.41) is 4.57. The van der Waals surface area contributed by atoms with Crippen LogP contribution in [-0.2, 0) is 6.54 Å². The molecule has 98 valence electrons. The number of thiazole rings is 1. The van der Waals surface area contributed by atoms with E-state index in [1.54, 1.807) is 0 Å². The summed E-state index contributed by atoms with van der Waals surface area (Å²) in [5.74, 6) is 0. The Labute approximate surface area is 109 Å². The maximum atomic E-state index is 4.71. The van der Waals surface area contributed by atoms with Gasteiger partial charge in [-0.1, -0.05) is 20.8 Å². The fourth-order valence-corrected chi connectivity index (χ4v) is 2.88. The summed E-state index contributed by atoms with van der Waals surface area (Å²) >= 11 is 1.84. The fourth-order valence-electron chi connectivity index (χ4n) is 1.79. The van der Waals surface area contributed by atoms with Crippen molar-refractivity contribution in [1.29, 1.82) is 0 Å². The largest absolute Gasteiger partial charge is 0.348 e. The monoisotopic (exact) mass is 255 g/mol. The zero-order valence-electron chi connectivity index (χ0n) is 11.5. The second-order valence-corrected chi connectivity index (χ2v) is 5.33. The number of hydrogen-bond acceptors (Lipinski definition) is 4. The molecule has 0 saturated carbocycles. The Morgan fingerprint density at radius 2 is 1.82 bits per heavy atom. The average Bonchev–Trinajstić information content (AvgIpc) is 2.68. The van der Waals surface area contributed by atoms with Crippen LogP contribution in [0.5, 0.6) is 0 Å². The van der Waals surface area contributed by atoms with Gasteiger partial charge >= 0.3 is 0 Å². The van der Waals surface area contributed by atoms with Gasteiger partial charge in [0.25, 0.3) is 0 Å². The maximum Gasteiger partial charge on any atom is 0.185 e. The Kier molecular flexibility index (Phi) is 6.52. The summed E-state index contributed by atoms with van der Waals surface area (Å²) in [6, 6.07) is 0. The van der Waals surface area contributed by atoms with Crippen LogP contribution in [0.1, 0.15) is 44.2 Å². The second kappa shape index (κ2) is 7.67. The highest BCUT2D eigenvalue weighted by atomic mass is 32.1. The van der Waals surface area contributed by atoms with Crippen molar-refractivity contribution in [1.82, 2.24) is 10.3 Å². The molecule has 0 fully saturated rings. The van der Waals surface area contributed by atoms with Crippen molar-refractivity contribution in [2.45, 2.75) is 47.1 Å². The van der Waals surface area contributed by atoms with Crippen LogP contribution < -0.4 is 10.2 Å². The molecule has 0 aromatic carbocycles. The van der Waals surface area contributed by atoms with Gasteiger partial charge in [0, 0.05) is 24.5 Å². The van der Waals surface area contributed by atoms with Gasteiger partial charge in [0.1, 0.15) is 0 Å². The van der Waals surface area contributed by atoms with Crippen LogP contribution in [0.25, 0.3) is 0 Å². The Balaban J connectivity index is 2.74. The highest BCUT2D eigenvalue weighted by Gasteiger charge is 2.12. The molecule has 0 spiro atoms. The molecule has 0 amide bonds. The first kappa shape index (κ1) is 14.5. The molecule has 0 atom stereocenters. The summed E-state index contributed by atoms with van der Waals surface area (Å²) in [6.07, 6.45) is 2.36. The van der Waals surface area contributed by atoms with Crippen molar-refractivity contribution in [3.63, 3.8) is 0 Å². The van der Waals surface area contributed by atoms with Gasteiger partial charge in [0.05, 0.1) is 5.69 Å². The van der Waals surface area contributed by atoms with Crippen LogP contribution in [0.3, 0.4) is 0 Å². The molecule has 1 rings (SSSR count). The van der Waals surface area contributed by atoms with Gasteiger partial charge in [-0.2, -0.15) is 0 Å². The zero-order chi connectivity index (χ0) is 12.7. The van der Waals surface area contributed by atoms with Crippen LogP contribution >= 0.6 is 11.3 Å². The van der Waals surface area contributed by atoms with Crippen molar-refractivity contribution >= 4 is 16.5 Å². The molecule has 0 saturated heterocycles. The number of rotatable bonds is 8. The lowest BCUT2D eigenvalue weighted by atomic mass is 10.4. The van der Waals surface area contributed by atoms with Crippen LogP contribution in [0, 0.1) is 6.92 Å². The van der Waals surface area contributed by atoms with Gasteiger partial charge in [0.2, 0.25) is 0 Å². The summed E-state index contributed by atoms with van der Waals surface area (Å²) in [7, 11) is 0. The summed E-state index contributed by atoms with van der Waals surface area (Å²) in [4.78, 5) is 8.49. The second-order valence-electron chi connectivity index (χ2n) is 4.27. The van der Waals surface area contributed by atoms with E-state index in [1.807, 2.05) is 11.3 Å². The predicted molar refractivity (Wildman–Crippen MR) is 77.0 cm³/mol. The third kappa shape index (κ3) is 4.28. The minimum atomic E-state index is 0.950. The van der Waals surface area contributed by atoms with E-state index in [0.717, 1.165) is 26.2 Å². The number of aromatic nitrogens is 1. The normalized spacial score (nSPS) is 10.8. The van der Waals surface area contributed by atoms with E-state index in [9.17, 15) is 0 Å². The van der Waals surface area contributed by atoms with E-state index < -0.39 is 0 Å². The first-order valence-corrected chi connectivity index (χ1v) is 7.46. The van der Waals surface area contributed by atoms with E-state index in [-0.39, 0.29) is 0 Å². The lowest BCUT2D eigenvalue weighted by Gasteiger charge is -2.19. The van der Waals surface area contributed by atoms with Crippen LogP contribution in [0.15, 0.2) is 0 Å². The van der Waals surface area contributed by atoms with Crippen LogP contribution in [0.2, 0.25) is 0 Å². The molecular formula is C13H25N3S. The average molecular weight is 255 g/mol. The van der Waals surface area contributed by atoms with Crippen molar-refractivity contribution < 1.29 is 0 Å². The Hall–Kier alpha value is -0.610. The topological polar surface area (TPSA) is 28.2 Å². The van der Waals surface area contributed by atoms with Crippen molar-refractivity contribution in [3.05, 3.63) is 10.6 Å². The SMILES string of the molecule is CCCN(CCC)c1nc(C)c(CNCC)s1. The summed E-state index contributed by atoms with van der Waals surface area (Å²) in [5.41, 5.74) is 1.18. The number of anilines is 1. The van der Waals surface area contributed by atoms with Crippen molar-refractivity contribution in [3.8, 4) is 0 Å². The fraction of sp³-hybridized carbons (Fsp3) is 0.769. The molecule has 1 aromatic heterocycles. The number of aryl methyl sites for hydroxylation is 1. The lowest BCUT2D eigenvalue weighted by Crippen LogP contribution is -2.24. The molecule has 0 radical (unpaired) electrons. The molecule has 0 unspecified atom stereocenters. The Morgan fingerprint density at radius 3 is 2.35 bits per heavy atom. The molecule has 1 aromatic rings. The third-order valence-electron chi connectivity index (χ3n) is 2.67. The van der Waals surface area contributed by atoms with Crippen molar-refractivity contribution in [2.75, 3.05) is 24.5 Å². The smallest absolute Gasteiger partial charge is 0.185 e. The molecule has 0 aliphatic rings. The predicted octanol–water partition coefficient (Wildman–Crippen LogP) is 3.19.